The SMILES string of the molecule is COc1cc(Cl)nc(/N=C/c2ccccc2OC)n1. The molecule has 0 amide bonds. The van der Waals surface area contributed by atoms with Crippen LogP contribution in [0.25, 0.3) is 0 Å². The van der Waals surface area contributed by atoms with Crippen LogP contribution in [0.3, 0.4) is 0 Å². The summed E-state index contributed by atoms with van der Waals surface area (Å²) < 4.78 is 10.2. The molecule has 98 valence electrons. The Bertz CT molecular complexity index is 602. The number of hydrogen-bond donors (Lipinski definition) is 0. The maximum atomic E-state index is 5.84. The molecular weight excluding hydrogens is 266 g/mol. The molecule has 1 heterocycles. The summed E-state index contributed by atoms with van der Waals surface area (Å²) in [7, 11) is 3.11. The average molecular weight is 278 g/mol. The van der Waals surface area contributed by atoms with E-state index in [0.29, 0.717) is 5.88 Å². The highest BCUT2D eigenvalue weighted by Crippen LogP contribution is 2.19. The van der Waals surface area contributed by atoms with Crippen LogP contribution in [0.4, 0.5) is 5.95 Å². The van der Waals surface area contributed by atoms with Gasteiger partial charge in [-0.15, -0.1) is 0 Å². The third kappa shape index (κ3) is 3.42. The molecule has 0 spiro atoms. The Morgan fingerprint density at radius 2 is 1.95 bits per heavy atom. The molecule has 0 aliphatic carbocycles. The number of halogens is 1. The van der Waals surface area contributed by atoms with Gasteiger partial charge < -0.3 is 9.47 Å². The Hall–Kier alpha value is -2.14. The van der Waals surface area contributed by atoms with Crippen molar-refractivity contribution in [1.82, 2.24) is 9.97 Å². The molecule has 0 saturated heterocycles. The Morgan fingerprint density at radius 3 is 2.68 bits per heavy atom. The maximum Gasteiger partial charge on any atom is 0.254 e. The van der Waals surface area contributed by atoms with Crippen molar-refractivity contribution in [3.05, 3.63) is 41.0 Å². The molecule has 6 heteroatoms. The predicted molar refractivity (Wildman–Crippen MR) is 73.8 cm³/mol. The van der Waals surface area contributed by atoms with Gasteiger partial charge in [-0.2, -0.15) is 9.97 Å². The lowest BCUT2D eigenvalue weighted by atomic mass is 10.2. The quantitative estimate of drug-likeness (QED) is 0.637. The van der Waals surface area contributed by atoms with Gasteiger partial charge in [-0.1, -0.05) is 23.7 Å². The second kappa shape index (κ2) is 6.15. The molecule has 0 unspecified atom stereocenters. The maximum absolute atomic E-state index is 5.84. The van der Waals surface area contributed by atoms with E-state index in [1.54, 1.807) is 13.3 Å². The summed E-state index contributed by atoms with van der Waals surface area (Å²) in [4.78, 5) is 12.2. The van der Waals surface area contributed by atoms with Gasteiger partial charge in [0.05, 0.1) is 14.2 Å². The number of benzene rings is 1. The molecule has 0 radical (unpaired) electrons. The van der Waals surface area contributed by atoms with Gasteiger partial charge >= 0.3 is 0 Å². The summed E-state index contributed by atoms with van der Waals surface area (Å²) in [5, 5.41) is 0.277. The van der Waals surface area contributed by atoms with Crippen LogP contribution in [-0.4, -0.2) is 30.4 Å². The highest BCUT2D eigenvalue weighted by Gasteiger charge is 2.02. The standard InChI is InChI=1S/C13H12ClN3O2/c1-18-10-6-4-3-5-9(10)8-15-13-16-11(14)7-12(17-13)19-2/h3-8H,1-2H3/b15-8+. The molecule has 0 saturated carbocycles. The number of aliphatic imine (C=N–C) groups is 1. The number of para-hydroxylation sites is 1. The minimum absolute atomic E-state index is 0.232. The first-order valence-corrected chi connectivity index (χ1v) is 5.86. The van der Waals surface area contributed by atoms with E-state index >= 15 is 0 Å². The molecule has 2 aromatic rings. The van der Waals surface area contributed by atoms with Crippen LogP contribution < -0.4 is 9.47 Å². The van der Waals surface area contributed by atoms with E-state index in [-0.39, 0.29) is 11.1 Å². The fourth-order valence-electron chi connectivity index (χ4n) is 1.45. The van der Waals surface area contributed by atoms with E-state index in [1.165, 1.54) is 13.2 Å². The molecule has 1 aromatic heterocycles. The average Bonchev–Trinajstić information content (AvgIpc) is 2.44. The van der Waals surface area contributed by atoms with E-state index in [9.17, 15) is 0 Å². The molecule has 0 atom stereocenters. The zero-order valence-corrected chi connectivity index (χ0v) is 11.3. The molecular formula is C13H12ClN3O2. The minimum atomic E-state index is 0.232. The Labute approximate surface area is 115 Å². The van der Waals surface area contributed by atoms with E-state index < -0.39 is 0 Å². The number of methoxy groups -OCH3 is 2. The van der Waals surface area contributed by atoms with Gasteiger partial charge in [0.1, 0.15) is 10.9 Å². The van der Waals surface area contributed by atoms with Crippen LogP contribution in [0.2, 0.25) is 5.15 Å². The second-order valence-corrected chi connectivity index (χ2v) is 3.92. The molecule has 0 aliphatic rings. The molecule has 2 rings (SSSR count). The van der Waals surface area contributed by atoms with E-state index in [2.05, 4.69) is 15.0 Å². The minimum Gasteiger partial charge on any atom is -0.496 e. The van der Waals surface area contributed by atoms with Crippen molar-refractivity contribution in [3.63, 3.8) is 0 Å². The molecule has 1 aromatic carbocycles. The number of aromatic nitrogens is 2. The molecule has 19 heavy (non-hydrogen) atoms. The van der Waals surface area contributed by atoms with Crippen molar-refractivity contribution in [2.75, 3.05) is 14.2 Å². The lowest BCUT2D eigenvalue weighted by Crippen LogP contribution is -1.92. The fourth-order valence-corrected chi connectivity index (χ4v) is 1.62. The van der Waals surface area contributed by atoms with E-state index in [0.717, 1.165) is 11.3 Å². The van der Waals surface area contributed by atoms with Crippen molar-refractivity contribution in [2.24, 2.45) is 4.99 Å². The van der Waals surface area contributed by atoms with Gasteiger partial charge in [0, 0.05) is 17.8 Å². The smallest absolute Gasteiger partial charge is 0.254 e. The summed E-state index contributed by atoms with van der Waals surface area (Å²) in [6.07, 6.45) is 1.62. The van der Waals surface area contributed by atoms with Gasteiger partial charge in [0.15, 0.2) is 0 Å². The van der Waals surface area contributed by atoms with Gasteiger partial charge in [-0.05, 0) is 12.1 Å². The van der Waals surface area contributed by atoms with Crippen LogP contribution in [0.1, 0.15) is 5.56 Å². The zero-order valence-electron chi connectivity index (χ0n) is 10.5. The summed E-state index contributed by atoms with van der Waals surface area (Å²) in [6, 6.07) is 9.02. The van der Waals surface area contributed by atoms with Crippen LogP contribution in [0.5, 0.6) is 11.6 Å². The van der Waals surface area contributed by atoms with Crippen LogP contribution in [0, 0.1) is 0 Å². The molecule has 0 bridgehead atoms. The fraction of sp³-hybridized carbons (Fsp3) is 0.154. The van der Waals surface area contributed by atoms with Gasteiger partial charge in [-0.25, -0.2) is 4.99 Å². The van der Waals surface area contributed by atoms with Gasteiger partial charge in [0.2, 0.25) is 5.88 Å². The Balaban J connectivity index is 2.29. The summed E-state index contributed by atoms with van der Waals surface area (Å²) >= 11 is 5.84. The van der Waals surface area contributed by atoms with Crippen LogP contribution in [-0.2, 0) is 0 Å². The highest BCUT2D eigenvalue weighted by molar-refractivity contribution is 6.29. The first-order chi connectivity index (χ1) is 9.22. The van der Waals surface area contributed by atoms with Crippen LogP contribution >= 0.6 is 11.6 Å². The third-order valence-corrected chi connectivity index (χ3v) is 2.52. The largest absolute Gasteiger partial charge is 0.496 e. The topological polar surface area (TPSA) is 56.6 Å². The normalized spacial score (nSPS) is 10.7. The Kier molecular flexibility index (Phi) is 4.30. The van der Waals surface area contributed by atoms with E-state index in [4.69, 9.17) is 21.1 Å². The zero-order chi connectivity index (χ0) is 13.7. The van der Waals surface area contributed by atoms with Crippen LogP contribution in [0.15, 0.2) is 35.3 Å². The first-order valence-electron chi connectivity index (χ1n) is 5.48. The molecule has 0 N–H and O–H groups in total. The predicted octanol–water partition coefficient (Wildman–Crippen LogP) is 2.90. The van der Waals surface area contributed by atoms with Gasteiger partial charge in [-0.3, -0.25) is 0 Å². The summed E-state index contributed by atoms with van der Waals surface area (Å²) in [5.74, 6) is 1.32. The monoisotopic (exact) mass is 277 g/mol. The van der Waals surface area contributed by atoms with E-state index in [1.807, 2.05) is 24.3 Å². The van der Waals surface area contributed by atoms with Gasteiger partial charge in [0.25, 0.3) is 5.95 Å². The van der Waals surface area contributed by atoms with Crippen molar-refractivity contribution < 1.29 is 9.47 Å². The highest BCUT2D eigenvalue weighted by atomic mass is 35.5. The second-order valence-electron chi connectivity index (χ2n) is 3.53. The number of nitrogens with zero attached hydrogens (tertiary/aromatic N) is 3. The van der Waals surface area contributed by atoms with Crippen molar-refractivity contribution in [3.8, 4) is 11.6 Å². The molecule has 0 aliphatic heterocycles. The summed E-state index contributed by atoms with van der Waals surface area (Å²) in [5.41, 5.74) is 0.826. The molecule has 0 fully saturated rings. The number of ether oxygens (including phenoxy) is 2. The van der Waals surface area contributed by atoms with Crippen molar-refractivity contribution >= 4 is 23.8 Å². The van der Waals surface area contributed by atoms with Crippen molar-refractivity contribution in [1.29, 1.82) is 0 Å². The number of hydrogen-bond acceptors (Lipinski definition) is 5. The lowest BCUT2D eigenvalue weighted by molar-refractivity contribution is 0.397. The Morgan fingerprint density at radius 1 is 1.16 bits per heavy atom. The first kappa shape index (κ1) is 13.3. The number of rotatable bonds is 4. The summed E-state index contributed by atoms with van der Waals surface area (Å²) in [6.45, 7) is 0. The van der Waals surface area contributed by atoms with Crippen molar-refractivity contribution in [2.45, 2.75) is 0 Å². The molecule has 5 nitrogen and oxygen atoms in total. The lowest BCUT2D eigenvalue weighted by Gasteiger charge is -2.03. The third-order valence-electron chi connectivity index (χ3n) is 2.33.